The average Bonchev–Trinajstić information content (AvgIpc) is 2.25. The van der Waals surface area contributed by atoms with Crippen molar-refractivity contribution in [1.29, 1.82) is 0 Å². The lowest BCUT2D eigenvalue weighted by atomic mass is 9.94. The highest BCUT2D eigenvalue weighted by Crippen LogP contribution is 2.26. The number of piperidine rings is 1. The number of carbonyl (C=O) groups excluding carboxylic acids is 3. The molecule has 0 aromatic heterocycles. The lowest BCUT2D eigenvalue weighted by molar-refractivity contribution is -0.163. The zero-order valence-corrected chi connectivity index (χ0v) is 12.2. The van der Waals surface area contributed by atoms with E-state index >= 15 is 0 Å². The third kappa shape index (κ3) is 4.18. The second-order valence-corrected chi connectivity index (χ2v) is 5.74. The Balaban J connectivity index is 2.83. The topological polar surface area (TPSA) is 72.9 Å². The average molecular weight is 289 g/mol. The number of likely N-dealkylation sites (tertiary alicyclic amines) is 1. The first-order chi connectivity index (χ1) is 9.07. The Kier molecular flexibility index (Phi) is 4.73. The van der Waals surface area contributed by atoms with Crippen LogP contribution in [0.25, 0.3) is 0 Å². The maximum absolute atomic E-state index is 14.5. The van der Waals surface area contributed by atoms with Gasteiger partial charge in [-0.05, 0) is 27.7 Å². The number of ether oxygens (including phenoxy) is 2. The Hall–Kier alpha value is -1.66. The molecule has 1 heterocycles. The number of esters is 1. The van der Waals surface area contributed by atoms with Crippen LogP contribution in [-0.2, 0) is 19.1 Å². The minimum Gasteiger partial charge on any atom is -0.464 e. The summed E-state index contributed by atoms with van der Waals surface area (Å²) in [6, 6.07) is 0. The van der Waals surface area contributed by atoms with E-state index < -0.39 is 42.1 Å². The van der Waals surface area contributed by atoms with Gasteiger partial charge in [0, 0.05) is 0 Å². The molecule has 1 aliphatic heterocycles. The van der Waals surface area contributed by atoms with Crippen LogP contribution in [0.1, 0.15) is 34.1 Å². The molecule has 1 fully saturated rings. The zero-order chi connectivity index (χ0) is 15.6. The van der Waals surface area contributed by atoms with Crippen molar-refractivity contribution in [2.24, 2.45) is 0 Å². The summed E-state index contributed by atoms with van der Waals surface area (Å²) >= 11 is 0. The van der Waals surface area contributed by atoms with E-state index in [1.165, 1.54) is 6.92 Å². The minimum atomic E-state index is -2.50. The van der Waals surface area contributed by atoms with Gasteiger partial charge in [0.1, 0.15) is 5.60 Å². The largest absolute Gasteiger partial charge is 0.464 e. The number of carbonyl (C=O) groups is 3. The van der Waals surface area contributed by atoms with E-state index in [9.17, 15) is 18.8 Å². The van der Waals surface area contributed by atoms with E-state index in [4.69, 9.17) is 4.74 Å². The van der Waals surface area contributed by atoms with Gasteiger partial charge in [-0.2, -0.15) is 0 Å². The normalized spacial score (nSPS) is 23.4. The summed E-state index contributed by atoms with van der Waals surface area (Å²) in [6.07, 6.45) is -1.40. The predicted molar refractivity (Wildman–Crippen MR) is 67.9 cm³/mol. The second kappa shape index (κ2) is 5.76. The molecule has 0 unspecified atom stereocenters. The molecule has 0 aromatic rings. The fourth-order valence-corrected chi connectivity index (χ4v) is 1.85. The van der Waals surface area contributed by atoms with Gasteiger partial charge < -0.3 is 9.47 Å². The molecule has 1 aliphatic rings. The number of hydrogen-bond donors (Lipinski definition) is 0. The van der Waals surface area contributed by atoms with Gasteiger partial charge in [0.05, 0.1) is 26.1 Å². The molecule has 20 heavy (non-hydrogen) atoms. The van der Waals surface area contributed by atoms with Gasteiger partial charge in [-0.3, -0.25) is 9.69 Å². The van der Waals surface area contributed by atoms with Gasteiger partial charge in [-0.15, -0.1) is 0 Å². The summed E-state index contributed by atoms with van der Waals surface area (Å²) in [4.78, 5) is 35.9. The molecule has 1 saturated heterocycles. The fraction of sp³-hybridized carbons (Fsp3) is 0.769. The Morgan fingerprint density at radius 3 is 2.50 bits per heavy atom. The van der Waals surface area contributed by atoms with Gasteiger partial charge in [-0.25, -0.2) is 14.0 Å². The van der Waals surface area contributed by atoms with Crippen molar-refractivity contribution in [3.8, 4) is 0 Å². The van der Waals surface area contributed by atoms with E-state index in [2.05, 4.69) is 4.74 Å². The number of halogens is 1. The smallest absolute Gasteiger partial charge is 0.410 e. The maximum Gasteiger partial charge on any atom is 0.410 e. The van der Waals surface area contributed by atoms with Crippen LogP contribution < -0.4 is 0 Å². The number of amides is 1. The van der Waals surface area contributed by atoms with E-state index in [0.717, 1.165) is 4.90 Å². The highest BCUT2D eigenvalue weighted by atomic mass is 19.1. The summed E-state index contributed by atoms with van der Waals surface area (Å²) in [7, 11) is 0. The van der Waals surface area contributed by atoms with Gasteiger partial charge in [-0.1, -0.05) is 0 Å². The van der Waals surface area contributed by atoms with Crippen LogP contribution >= 0.6 is 0 Å². The van der Waals surface area contributed by atoms with Crippen molar-refractivity contribution in [1.82, 2.24) is 4.90 Å². The Morgan fingerprint density at radius 1 is 1.40 bits per heavy atom. The SMILES string of the molecule is CCOC(=O)[C@@]1(F)CC(=O)CN(C(=O)OC(C)(C)C)C1. The zero-order valence-electron chi connectivity index (χ0n) is 12.2. The van der Waals surface area contributed by atoms with Gasteiger partial charge >= 0.3 is 12.1 Å². The van der Waals surface area contributed by atoms with Crippen LogP contribution in [0, 0.1) is 0 Å². The molecule has 1 amide bonds. The lowest BCUT2D eigenvalue weighted by Crippen LogP contribution is -2.56. The van der Waals surface area contributed by atoms with E-state index in [-0.39, 0.29) is 13.2 Å². The van der Waals surface area contributed by atoms with Crippen molar-refractivity contribution >= 4 is 17.8 Å². The van der Waals surface area contributed by atoms with E-state index in [0.29, 0.717) is 0 Å². The standard InChI is InChI=1S/C13H20FNO5/c1-5-19-10(17)13(14)6-9(16)7-15(8-13)11(18)20-12(2,3)4/h5-8H2,1-4H3/t13-/m1/s1. The van der Waals surface area contributed by atoms with Crippen LogP contribution in [0.3, 0.4) is 0 Å². The first-order valence-corrected chi connectivity index (χ1v) is 6.43. The molecular formula is C13H20FNO5. The van der Waals surface area contributed by atoms with Crippen molar-refractivity contribution in [2.45, 2.75) is 45.4 Å². The number of hydrogen-bond acceptors (Lipinski definition) is 5. The monoisotopic (exact) mass is 289 g/mol. The quantitative estimate of drug-likeness (QED) is 0.720. The Bertz CT molecular complexity index is 417. The van der Waals surface area contributed by atoms with E-state index in [1.54, 1.807) is 20.8 Å². The van der Waals surface area contributed by atoms with Crippen molar-refractivity contribution < 1.29 is 28.2 Å². The molecular weight excluding hydrogens is 269 g/mol. The molecule has 114 valence electrons. The first kappa shape index (κ1) is 16.4. The van der Waals surface area contributed by atoms with Crippen LogP contribution in [0.15, 0.2) is 0 Å². The molecule has 0 radical (unpaired) electrons. The van der Waals surface area contributed by atoms with E-state index in [1.807, 2.05) is 0 Å². The molecule has 1 atom stereocenters. The van der Waals surface area contributed by atoms with Gasteiger partial charge in [0.2, 0.25) is 5.67 Å². The summed E-state index contributed by atoms with van der Waals surface area (Å²) in [6.45, 7) is 5.72. The molecule has 0 N–H and O–H groups in total. The molecule has 7 heteroatoms. The summed E-state index contributed by atoms with van der Waals surface area (Å²) in [5.41, 5.74) is -3.26. The van der Waals surface area contributed by atoms with Crippen LogP contribution in [0.2, 0.25) is 0 Å². The van der Waals surface area contributed by atoms with Crippen molar-refractivity contribution in [2.75, 3.05) is 19.7 Å². The van der Waals surface area contributed by atoms with Crippen molar-refractivity contribution in [3.05, 3.63) is 0 Å². The molecule has 0 bridgehead atoms. The molecule has 6 nitrogen and oxygen atoms in total. The van der Waals surface area contributed by atoms with Gasteiger partial charge in [0.25, 0.3) is 0 Å². The van der Waals surface area contributed by atoms with Crippen molar-refractivity contribution in [3.63, 3.8) is 0 Å². The number of ketones is 1. The van der Waals surface area contributed by atoms with Crippen LogP contribution in [0.4, 0.5) is 9.18 Å². The first-order valence-electron chi connectivity index (χ1n) is 6.43. The maximum atomic E-state index is 14.5. The third-order valence-electron chi connectivity index (χ3n) is 2.58. The molecule has 0 aliphatic carbocycles. The fourth-order valence-electron chi connectivity index (χ4n) is 1.85. The Labute approximate surface area is 117 Å². The number of Topliss-reactive ketones (excluding diaryl/α,β-unsaturated/α-hetero) is 1. The highest BCUT2D eigenvalue weighted by Gasteiger charge is 2.49. The number of nitrogens with zero attached hydrogens (tertiary/aromatic N) is 1. The number of rotatable bonds is 2. The number of alkyl halides is 1. The van der Waals surface area contributed by atoms with Gasteiger partial charge in [0.15, 0.2) is 5.78 Å². The second-order valence-electron chi connectivity index (χ2n) is 5.74. The highest BCUT2D eigenvalue weighted by molar-refractivity contribution is 5.93. The lowest BCUT2D eigenvalue weighted by Gasteiger charge is -2.35. The molecule has 0 aromatic carbocycles. The Morgan fingerprint density at radius 2 is 2.00 bits per heavy atom. The molecule has 1 rings (SSSR count). The molecule has 0 saturated carbocycles. The van der Waals surface area contributed by atoms with Crippen LogP contribution in [0.5, 0.6) is 0 Å². The molecule has 0 spiro atoms. The summed E-state index contributed by atoms with van der Waals surface area (Å²) < 4.78 is 24.2. The van der Waals surface area contributed by atoms with Crippen LogP contribution in [-0.4, -0.2) is 53.7 Å². The third-order valence-corrected chi connectivity index (χ3v) is 2.58. The predicted octanol–water partition coefficient (Wildman–Crippen LogP) is 1.47. The minimum absolute atomic E-state index is 0.00509. The summed E-state index contributed by atoms with van der Waals surface area (Å²) in [5.74, 6) is -1.67. The summed E-state index contributed by atoms with van der Waals surface area (Å²) in [5, 5.41) is 0.